The minimum atomic E-state index is -3.66. The van der Waals surface area contributed by atoms with E-state index in [-0.39, 0.29) is 16.6 Å². The zero-order valence-electron chi connectivity index (χ0n) is 18.7. The molecular weight excluding hydrogens is 456 g/mol. The molecule has 0 aliphatic heterocycles. The van der Waals surface area contributed by atoms with Gasteiger partial charge in [-0.2, -0.15) is 9.78 Å². The molecule has 1 aliphatic carbocycles. The topological polar surface area (TPSA) is 130 Å². The summed E-state index contributed by atoms with van der Waals surface area (Å²) in [5.74, 6) is -1.29. The van der Waals surface area contributed by atoms with Gasteiger partial charge in [0.15, 0.2) is 11.4 Å². The van der Waals surface area contributed by atoms with Crippen molar-refractivity contribution in [2.24, 2.45) is 0 Å². The SMILES string of the molecule is Cc1cccc(-n2nc(C(=O)Nc3ccc(S(=O)(=O)NC4CCCCC4)cc3)c(O)cc2=O)c1. The molecule has 1 aliphatic rings. The average molecular weight is 483 g/mol. The largest absolute Gasteiger partial charge is 0.505 e. The summed E-state index contributed by atoms with van der Waals surface area (Å²) in [6.07, 6.45) is 4.80. The highest BCUT2D eigenvalue weighted by Crippen LogP contribution is 2.21. The van der Waals surface area contributed by atoms with Gasteiger partial charge < -0.3 is 10.4 Å². The molecule has 3 aromatic rings. The Morgan fingerprint density at radius 3 is 2.44 bits per heavy atom. The lowest BCUT2D eigenvalue weighted by Crippen LogP contribution is -2.36. The minimum absolute atomic E-state index is 0.0590. The van der Waals surface area contributed by atoms with Crippen LogP contribution in [0.5, 0.6) is 5.75 Å². The van der Waals surface area contributed by atoms with E-state index in [2.05, 4.69) is 15.1 Å². The summed E-state index contributed by atoms with van der Waals surface area (Å²) in [5.41, 5.74) is 0.755. The third-order valence-electron chi connectivity index (χ3n) is 5.72. The lowest BCUT2D eigenvalue weighted by Gasteiger charge is -2.22. The number of aromatic nitrogens is 2. The number of anilines is 1. The number of hydrogen-bond acceptors (Lipinski definition) is 6. The molecule has 0 atom stereocenters. The van der Waals surface area contributed by atoms with Crippen molar-refractivity contribution in [2.75, 3.05) is 5.32 Å². The maximum Gasteiger partial charge on any atom is 0.279 e. The number of hydrogen-bond donors (Lipinski definition) is 3. The van der Waals surface area contributed by atoms with Gasteiger partial charge in [0.25, 0.3) is 11.5 Å². The predicted octanol–water partition coefficient (Wildman–Crippen LogP) is 3.11. The summed E-state index contributed by atoms with van der Waals surface area (Å²) >= 11 is 0. The molecule has 178 valence electrons. The average Bonchev–Trinajstić information content (AvgIpc) is 2.80. The van der Waals surface area contributed by atoms with Crippen LogP contribution in [-0.4, -0.2) is 35.3 Å². The van der Waals surface area contributed by atoms with E-state index >= 15 is 0 Å². The highest BCUT2D eigenvalue weighted by atomic mass is 32.2. The van der Waals surface area contributed by atoms with Crippen molar-refractivity contribution in [3.05, 3.63) is 76.2 Å². The smallest absolute Gasteiger partial charge is 0.279 e. The standard InChI is InChI=1S/C24H26N4O5S/c1-16-6-5-9-19(14-16)28-22(30)15-21(29)23(26-28)24(31)25-17-10-12-20(13-11-17)34(32,33)27-18-7-3-2-4-8-18/h5-6,9-15,18,27,29H,2-4,7-8H2,1H3,(H,25,31). The van der Waals surface area contributed by atoms with E-state index in [1.165, 1.54) is 24.3 Å². The van der Waals surface area contributed by atoms with E-state index in [0.717, 1.165) is 48.4 Å². The molecule has 10 heteroatoms. The lowest BCUT2D eigenvalue weighted by atomic mass is 9.96. The first-order chi connectivity index (χ1) is 16.2. The molecule has 0 unspecified atom stereocenters. The number of carbonyl (C=O) groups excluding carboxylic acids is 1. The van der Waals surface area contributed by atoms with E-state index in [1.807, 2.05) is 13.0 Å². The Morgan fingerprint density at radius 2 is 1.76 bits per heavy atom. The van der Waals surface area contributed by atoms with Gasteiger partial charge in [0, 0.05) is 17.8 Å². The van der Waals surface area contributed by atoms with Crippen molar-refractivity contribution in [1.82, 2.24) is 14.5 Å². The zero-order chi connectivity index (χ0) is 24.3. The first kappa shape index (κ1) is 23.7. The second-order valence-corrected chi connectivity index (χ2v) is 10.1. The maximum atomic E-state index is 12.8. The molecule has 9 nitrogen and oxygen atoms in total. The van der Waals surface area contributed by atoms with Crippen LogP contribution in [0.2, 0.25) is 0 Å². The number of sulfonamides is 1. The summed E-state index contributed by atoms with van der Waals surface area (Å²) in [6.45, 7) is 1.86. The number of aryl methyl sites for hydroxylation is 1. The van der Waals surface area contributed by atoms with Gasteiger partial charge in [-0.25, -0.2) is 13.1 Å². The second kappa shape index (κ2) is 9.78. The first-order valence-electron chi connectivity index (χ1n) is 11.1. The van der Waals surface area contributed by atoms with Crippen LogP contribution in [0.1, 0.15) is 48.2 Å². The first-order valence-corrected chi connectivity index (χ1v) is 12.6. The number of amides is 1. The third-order valence-corrected chi connectivity index (χ3v) is 7.26. The van der Waals surface area contributed by atoms with Crippen molar-refractivity contribution in [3.8, 4) is 11.4 Å². The van der Waals surface area contributed by atoms with Gasteiger partial charge in [0.1, 0.15) is 0 Å². The molecule has 34 heavy (non-hydrogen) atoms. The van der Waals surface area contributed by atoms with Crippen molar-refractivity contribution < 1.29 is 18.3 Å². The molecule has 0 saturated heterocycles. The van der Waals surface area contributed by atoms with Crippen LogP contribution >= 0.6 is 0 Å². The fourth-order valence-electron chi connectivity index (χ4n) is 3.97. The number of nitrogens with one attached hydrogen (secondary N) is 2. The molecule has 1 heterocycles. The molecule has 1 fully saturated rings. The number of rotatable bonds is 6. The van der Waals surface area contributed by atoms with Crippen LogP contribution in [0.15, 0.2) is 64.3 Å². The van der Waals surface area contributed by atoms with Crippen molar-refractivity contribution in [2.45, 2.75) is 50.0 Å². The molecule has 4 rings (SSSR count). The predicted molar refractivity (Wildman–Crippen MR) is 128 cm³/mol. The van der Waals surface area contributed by atoms with Crippen molar-refractivity contribution >= 4 is 21.6 Å². The van der Waals surface area contributed by atoms with Crippen LogP contribution < -0.4 is 15.6 Å². The quantitative estimate of drug-likeness (QED) is 0.495. The summed E-state index contributed by atoms with van der Waals surface area (Å²) in [5, 5.41) is 16.8. The van der Waals surface area contributed by atoms with E-state index in [4.69, 9.17) is 0 Å². The van der Waals surface area contributed by atoms with Gasteiger partial charge >= 0.3 is 0 Å². The van der Waals surface area contributed by atoms with Crippen molar-refractivity contribution in [3.63, 3.8) is 0 Å². The Balaban J connectivity index is 1.52. The maximum absolute atomic E-state index is 12.8. The van der Waals surface area contributed by atoms with Crippen LogP contribution in [0, 0.1) is 6.92 Å². The van der Waals surface area contributed by atoms with E-state index in [9.17, 15) is 23.1 Å². The van der Waals surface area contributed by atoms with Crippen LogP contribution in [0.4, 0.5) is 5.69 Å². The molecule has 3 N–H and O–H groups in total. The minimum Gasteiger partial charge on any atom is -0.505 e. The number of benzene rings is 2. The highest BCUT2D eigenvalue weighted by Gasteiger charge is 2.22. The zero-order valence-corrected chi connectivity index (χ0v) is 19.5. The van der Waals surface area contributed by atoms with Crippen LogP contribution in [-0.2, 0) is 10.0 Å². The Bertz CT molecular complexity index is 1360. The van der Waals surface area contributed by atoms with Gasteiger partial charge in [-0.3, -0.25) is 9.59 Å². The molecular formula is C24H26N4O5S. The fourth-order valence-corrected chi connectivity index (χ4v) is 5.27. The molecule has 0 radical (unpaired) electrons. The van der Waals surface area contributed by atoms with Gasteiger partial charge in [-0.15, -0.1) is 0 Å². The van der Waals surface area contributed by atoms with Gasteiger partial charge in [-0.05, 0) is 61.7 Å². The highest BCUT2D eigenvalue weighted by molar-refractivity contribution is 7.89. The fraction of sp³-hybridized carbons (Fsp3) is 0.292. The molecule has 2 aromatic carbocycles. The Hall–Kier alpha value is -3.50. The van der Waals surface area contributed by atoms with Gasteiger partial charge in [0.05, 0.1) is 10.6 Å². The van der Waals surface area contributed by atoms with Crippen molar-refractivity contribution in [1.29, 1.82) is 0 Å². The Morgan fingerprint density at radius 1 is 1.06 bits per heavy atom. The molecule has 0 bridgehead atoms. The molecule has 1 amide bonds. The van der Waals surface area contributed by atoms with E-state index in [0.29, 0.717) is 11.4 Å². The third kappa shape index (κ3) is 5.35. The molecule has 1 saturated carbocycles. The normalized spacial score (nSPS) is 14.6. The lowest BCUT2D eigenvalue weighted by molar-refractivity contribution is 0.101. The second-order valence-electron chi connectivity index (χ2n) is 8.40. The van der Waals surface area contributed by atoms with E-state index < -0.39 is 27.2 Å². The summed E-state index contributed by atoms with van der Waals surface area (Å²) in [4.78, 5) is 25.2. The Kier molecular flexibility index (Phi) is 6.80. The summed E-state index contributed by atoms with van der Waals surface area (Å²) < 4.78 is 29.1. The Labute approximate surface area is 197 Å². The molecule has 0 spiro atoms. The number of aromatic hydroxyl groups is 1. The number of carbonyl (C=O) groups is 1. The van der Waals surface area contributed by atoms with Crippen LogP contribution in [0.25, 0.3) is 5.69 Å². The molecule has 1 aromatic heterocycles. The summed E-state index contributed by atoms with van der Waals surface area (Å²) in [6, 6.07) is 13.6. The van der Waals surface area contributed by atoms with Gasteiger partial charge in [-0.1, -0.05) is 31.4 Å². The summed E-state index contributed by atoms with van der Waals surface area (Å²) in [7, 11) is -3.66. The number of nitrogens with zero attached hydrogens (tertiary/aromatic N) is 2. The van der Waals surface area contributed by atoms with Gasteiger partial charge in [0.2, 0.25) is 10.0 Å². The van der Waals surface area contributed by atoms with E-state index in [1.54, 1.807) is 18.2 Å². The van der Waals surface area contributed by atoms with Crippen LogP contribution in [0.3, 0.4) is 0 Å². The monoisotopic (exact) mass is 482 g/mol.